The topological polar surface area (TPSA) is 297 Å². The number of pyridine rings is 2. The molecule has 6 aromatic heterocycles. The predicted molar refractivity (Wildman–Crippen MR) is 275 cm³/mol. The quantitative estimate of drug-likeness (QED) is 0.0877. The van der Waals surface area contributed by atoms with Gasteiger partial charge in [0.05, 0.1) is 42.7 Å². The fraction of sp³-hybridized carbons (Fsp3) is 0.280. The minimum absolute atomic E-state index is 0.0249. The Balaban J connectivity index is 0.000000221. The molecule has 26 heteroatoms. The molecule has 8 aromatic rings. The summed E-state index contributed by atoms with van der Waals surface area (Å²) < 4.78 is 89.6. The number of nitrogens with zero attached hydrogens (tertiary/aromatic N) is 12. The van der Waals surface area contributed by atoms with Crippen LogP contribution in [0.15, 0.2) is 97.6 Å². The van der Waals surface area contributed by atoms with Crippen molar-refractivity contribution in [2.24, 2.45) is 0 Å². The summed E-state index contributed by atoms with van der Waals surface area (Å²) in [5.41, 5.74) is 2.96. The van der Waals surface area contributed by atoms with Crippen LogP contribution in [-0.2, 0) is 31.2 Å². The number of methoxy groups -OCH3 is 6. The van der Waals surface area contributed by atoms with Gasteiger partial charge in [-0.3, -0.25) is 18.7 Å². The number of carbonyl (C=O) groups excluding carboxylic acids is 2. The van der Waals surface area contributed by atoms with E-state index < -0.39 is 53.2 Å². The molecule has 0 N–H and O–H groups in total. The van der Waals surface area contributed by atoms with Crippen molar-refractivity contribution < 1.29 is 54.8 Å². The minimum Gasteiger partial charge on any atom is -0.494 e. The number of rotatable bonds is 20. The van der Waals surface area contributed by atoms with E-state index in [1.54, 1.807) is 86.6 Å². The van der Waals surface area contributed by atoms with Gasteiger partial charge in [-0.15, -0.1) is 20.4 Å². The Hall–Kier alpha value is -8.78. The Morgan fingerprint density at radius 2 is 0.789 bits per heavy atom. The molecule has 24 nitrogen and oxygen atoms in total. The summed E-state index contributed by atoms with van der Waals surface area (Å²) in [4.78, 5) is 50.6. The summed E-state index contributed by atoms with van der Waals surface area (Å²) in [6.45, 7) is 6.13. The van der Waals surface area contributed by atoms with Crippen molar-refractivity contribution >= 4 is 31.2 Å². The number of para-hydroxylation sites is 2. The molecule has 0 fully saturated rings. The zero-order valence-corrected chi connectivity index (χ0v) is 44.5. The number of ketones is 2. The van der Waals surface area contributed by atoms with Crippen molar-refractivity contribution in [2.45, 2.75) is 49.7 Å². The molecule has 6 heterocycles. The number of benzene rings is 2. The Bertz CT molecular complexity index is 3330. The van der Waals surface area contributed by atoms with E-state index in [1.165, 1.54) is 90.4 Å². The summed E-state index contributed by atoms with van der Waals surface area (Å²) in [6, 6.07) is 20.4. The van der Waals surface area contributed by atoms with Crippen LogP contribution in [0.5, 0.6) is 34.8 Å². The molecule has 0 unspecified atom stereocenters. The zero-order chi connectivity index (χ0) is 54.9. The largest absolute Gasteiger partial charge is 0.494 e. The third-order valence-electron chi connectivity index (χ3n) is 11.5. The number of hydrogen-bond acceptors (Lipinski definition) is 22. The summed E-state index contributed by atoms with van der Waals surface area (Å²) in [5, 5.41) is 14.0. The molecule has 0 aliphatic carbocycles. The number of carbonyl (C=O) groups is 2. The van der Waals surface area contributed by atoms with Gasteiger partial charge in [-0.2, -0.15) is 0 Å². The smallest absolute Gasteiger partial charge is 0.217 e. The van der Waals surface area contributed by atoms with Crippen LogP contribution in [0.1, 0.15) is 57.9 Å². The summed E-state index contributed by atoms with van der Waals surface area (Å²) in [5.74, 6) is -0.381. The lowest BCUT2D eigenvalue weighted by molar-refractivity contribution is 0.0973. The van der Waals surface area contributed by atoms with Crippen LogP contribution in [0, 0.1) is 13.8 Å². The van der Waals surface area contributed by atoms with E-state index in [-0.39, 0.29) is 34.9 Å². The Kier molecular flexibility index (Phi) is 17.1. The van der Waals surface area contributed by atoms with Gasteiger partial charge in [0.25, 0.3) is 0 Å². The van der Waals surface area contributed by atoms with Crippen molar-refractivity contribution in [1.82, 2.24) is 59.4 Å². The lowest BCUT2D eigenvalue weighted by atomic mass is 10.2. The van der Waals surface area contributed by atoms with E-state index in [1.807, 2.05) is 0 Å². The fourth-order valence-corrected chi connectivity index (χ4v) is 9.83. The first kappa shape index (κ1) is 55.0. The second-order valence-corrected chi connectivity index (χ2v) is 21.1. The van der Waals surface area contributed by atoms with Crippen molar-refractivity contribution in [2.75, 3.05) is 42.7 Å². The maximum absolute atomic E-state index is 13.5. The Morgan fingerprint density at radius 1 is 0.474 bits per heavy atom. The Morgan fingerprint density at radius 3 is 1.09 bits per heavy atom. The van der Waals surface area contributed by atoms with Gasteiger partial charge in [0.2, 0.25) is 23.3 Å². The number of ether oxygens (including phenoxy) is 6. The van der Waals surface area contributed by atoms with Crippen LogP contribution >= 0.6 is 0 Å². The highest BCUT2D eigenvalue weighted by Gasteiger charge is 2.36. The summed E-state index contributed by atoms with van der Waals surface area (Å²) >= 11 is 0. The predicted octanol–water partition coefficient (Wildman–Crippen LogP) is 5.28. The van der Waals surface area contributed by atoms with Crippen LogP contribution in [-0.4, -0.2) is 141 Å². The van der Waals surface area contributed by atoms with Gasteiger partial charge >= 0.3 is 0 Å². The number of aromatic nitrogens is 12. The molecular formula is C50H52N12O12S2. The molecule has 0 radical (unpaired) electrons. The number of aryl methyl sites for hydroxylation is 2. The molecule has 76 heavy (non-hydrogen) atoms. The number of Topliss-reactive ketones (excluding diaryl/α,β-unsaturated/α-hetero) is 2. The van der Waals surface area contributed by atoms with Gasteiger partial charge in [-0.05, 0) is 75.2 Å². The molecular weight excluding hydrogens is 1020 g/mol. The van der Waals surface area contributed by atoms with Gasteiger partial charge in [-0.25, -0.2) is 46.7 Å². The van der Waals surface area contributed by atoms with Gasteiger partial charge in [0, 0.05) is 36.9 Å². The monoisotopic (exact) mass is 1080 g/mol. The molecule has 0 aliphatic heterocycles. The van der Waals surface area contributed by atoms with E-state index in [9.17, 15) is 26.4 Å². The van der Waals surface area contributed by atoms with Gasteiger partial charge in [-0.1, -0.05) is 24.3 Å². The molecule has 0 amide bonds. The highest BCUT2D eigenvalue weighted by molar-refractivity contribution is 7.92. The first-order valence-electron chi connectivity index (χ1n) is 22.8. The van der Waals surface area contributed by atoms with Crippen LogP contribution < -0.4 is 28.4 Å². The van der Waals surface area contributed by atoms with Gasteiger partial charge in [0.15, 0.2) is 54.6 Å². The van der Waals surface area contributed by atoms with Crippen LogP contribution in [0.4, 0.5) is 0 Å². The molecule has 396 valence electrons. The maximum Gasteiger partial charge on any atom is 0.217 e. The molecule has 0 bridgehead atoms. The van der Waals surface area contributed by atoms with Crippen molar-refractivity contribution in [3.63, 3.8) is 0 Å². The second-order valence-electron chi connectivity index (χ2n) is 16.5. The van der Waals surface area contributed by atoms with Crippen molar-refractivity contribution in [3.05, 3.63) is 132 Å². The average Bonchev–Trinajstić information content (AvgIpc) is 4.07. The van der Waals surface area contributed by atoms with Crippen molar-refractivity contribution in [3.8, 4) is 69.2 Å². The molecule has 2 aromatic carbocycles. The van der Waals surface area contributed by atoms with E-state index in [2.05, 4.69) is 50.3 Å². The molecule has 0 saturated heterocycles. The van der Waals surface area contributed by atoms with E-state index >= 15 is 0 Å². The highest BCUT2D eigenvalue weighted by Crippen LogP contribution is 2.38. The second kappa shape index (κ2) is 23.6. The average molecular weight is 1080 g/mol. The van der Waals surface area contributed by atoms with Crippen LogP contribution in [0.25, 0.3) is 34.4 Å². The molecule has 0 aliphatic rings. The molecule has 2 atom stereocenters. The lowest BCUT2D eigenvalue weighted by Gasteiger charge is -2.18. The highest BCUT2D eigenvalue weighted by atomic mass is 32.2. The normalized spacial score (nSPS) is 12.1. The van der Waals surface area contributed by atoms with E-state index in [4.69, 9.17) is 28.4 Å². The summed E-state index contributed by atoms with van der Waals surface area (Å²) in [6.07, 6.45) is 5.82. The number of hydrogen-bond donors (Lipinski definition) is 0. The third kappa shape index (κ3) is 11.8. The van der Waals surface area contributed by atoms with Gasteiger partial charge in [0.1, 0.15) is 67.8 Å². The maximum atomic E-state index is 13.5. The zero-order valence-electron chi connectivity index (χ0n) is 42.9. The minimum atomic E-state index is -4.10. The Labute approximate surface area is 437 Å². The van der Waals surface area contributed by atoms with E-state index in [0.717, 1.165) is 11.1 Å². The van der Waals surface area contributed by atoms with Crippen molar-refractivity contribution in [1.29, 1.82) is 0 Å². The molecule has 8 rings (SSSR count). The molecule has 0 spiro atoms. The number of sulfone groups is 2. The molecule has 0 saturated carbocycles. The standard InChI is InChI=1S/2C25H26N6O6S/c2*1-15-12-26-24(27-13-15)23(32)16(2)38(33,34)14-20-29-30-25(17-8-6-11-21(28-17)37-5)31(20)22-18(35-3)9-7-10-19(22)36-4/h2*6-13,16H,14H2,1-5H3/t2*16-/m10/s1. The summed E-state index contributed by atoms with van der Waals surface area (Å²) in [7, 11) is 0.665. The first-order valence-corrected chi connectivity index (χ1v) is 26.3. The van der Waals surface area contributed by atoms with E-state index in [0.29, 0.717) is 57.5 Å². The SMILES string of the molecule is COc1cccc(-c2nnc(CS(=O)(=O)[C@@H](C)C(=O)c3ncc(C)cn3)n2-c2c(OC)cccc2OC)n1.COc1cccc(-c2nnc(CS(=O)(=O)[C@H](C)C(=O)c3ncc(C)cn3)n2-c2c(OC)cccc2OC)n1. The fourth-order valence-electron chi connectivity index (χ4n) is 7.37. The van der Waals surface area contributed by atoms with Gasteiger partial charge < -0.3 is 28.4 Å². The van der Waals surface area contributed by atoms with Crippen LogP contribution in [0.2, 0.25) is 0 Å². The third-order valence-corrected chi connectivity index (χ3v) is 15.4. The van der Waals surface area contributed by atoms with Crippen LogP contribution in [0.3, 0.4) is 0 Å². The first-order chi connectivity index (χ1) is 36.4. The lowest BCUT2D eigenvalue weighted by Crippen LogP contribution is -2.30.